The second kappa shape index (κ2) is 10.2. The third-order valence-corrected chi connectivity index (χ3v) is 6.64. The van der Waals surface area contributed by atoms with Crippen LogP contribution in [0, 0.1) is 18.3 Å². The van der Waals surface area contributed by atoms with E-state index >= 15 is 0 Å². The van der Waals surface area contributed by atoms with Gasteiger partial charge in [0, 0.05) is 35.3 Å². The fourth-order valence-corrected chi connectivity index (χ4v) is 4.56. The zero-order valence-electron chi connectivity index (χ0n) is 19.9. The largest absolute Gasteiger partial charge is 0.489 e. The van der Waals surface area contributed by atoms with Gasteiger partial charge in [-0.2, -0.15) is 0 Å². The average Bonchev–Trinajstić information content (AvgIpc) is 2.88. The van der Waals surface area contributed by atoms with Crippen LogP contribution < -0.4 is 15.0 Å². The molecule has 1 N–H and O–H groups in total. The van der Waals surface area contributed by atoms with Crippen LogP contribution in [0.25, 0.3) is 10.9 Å². The van der Waals surface area contributed by atoms with E-state index < -0.39 is 0 Å². The summed E-state index contributed by atoms with van der Waals surface area (Å²) in [6, 6.07) is 11.4. The summed E-state index contributed by atoms with van der Waals surface area (Å²) in [5.74, 6) is 4.68. The molecule has 0 unspecified atom stereocenters. The lowest BCUT2D eigenvalue weighted by molar-refractivity contribution is -0.114. The molecule has 1 saturated heterocycles. The number of nitrogens with one attached hydrogen (secondary N) is 1. The number of amides is 1. The molecular weight excluding hydrogens is 438 g/mol. The van der Waals surface area contributed by atoms with Crippen LogP contribution in [0.5, 0.6) is 5.75 Å². The van der Waals surface area contributed by atoms with Gasteiger partial charge in [0.25, 0.3) is 5.91 Å². The van der Waals surface area contributed by atoms with Crippen LogP contribution in [-0.4, -0.2) is 53.6 Å². The third kappa shape index (κ3) is 5.13. The highest BCUT2D eigenvalue weighted by Crippen LogP contribution is 2.37. The van der Waals surface area contributed by atoms with E-state index in [4.69, 9.17) is 11.2 Å². The molecule has 1 fully saturated rings. The Bertz CT molecular complexity index is 1300. The molecule has 2 aliphatic rings. The lowest BCUT2D eigenvalue weighted by atomic mass is 9.99. The van der Waals surface area contributed by atoms with E-state index in [0.717, 1.165) is 53.4 Å². The molecule has 2 aromatic carbocycles. The molecule has 0 atom stereocenters. The molecule has 7 heteroatoms. The Hall–Kier alpha value is -3.89. The Balaban J connectivity index is 1.39. The van der Waals surface area contributed by atoms with Crippen molar-refractivity contribution in [3.8, 4) is 18.1 Å². The van der Waals surface area contributed by atoms with E-state index in [0.29, 0.717) is 24.7 Å². The number of likely N-dealkylation sites (tertiary alicyclic amines) is 1. The fourth-order valence-electron chi connectivity index (χ4n) is 4.56. The van der Waals surface area contributed by atoms with Gasteiger partial charge < -0.3 is 15.0 Å². The van der Waals surface area contributed by atoms with Crippen molar-refractivity contribution in [2.45, 2.75) is 19.8 Å². The second-order valence-corrected chi connectivity index (χ2v) is 9.13. The first-order valence-electron chi connectivity index (χ1n) is 12.1. The summed E-state index contributed by atoms with van der Waals surface area (Å²) in [5.41, 5.74) is 3.07. The first kappa shape index (κ1) is 22.9. The van der Waals surface area contributed by atoms with Gasteiger partial charge in [-0.25, -0.2) is 9.97 Å². The number of anilines is 3. The molecule has 0 bridgehead atoms. The molecular formula is C28H29N5O2. The number of aromatic nitrogens is 2. The summed E-state index contributed by atoms with van der Waals surface area (Å²) in [5, 5.41) is 4.13. The summed E-state index contributed by atoms with van der Waals surface area (Å²) in [6.45, 7) is 6.21. The van der Waals surface area contributed by atoms with Gasteiger partial charge in [0.15, 0.2) is 0 Å². The average molecular weight is 468 g/mol. The number of ether oxygens (including phenoxy) is 1. The highest BCUT2D eigenvalue weighted by molar-refractivity contribution is 6.05. The topological polar surface area (TPSA) is 70.6 Å². The maximum absolute atomic E-state index is 13.1. The molecule has 0 radical (unpaired) electrons. The number of terminal acetylenes is 1. The lowest BCUT2D eigenvalue weighted by Gasteiger charge is -2.30. The molecule has 5 rings (SSSR count). The summed E-state index contributed by atoms with van der Waals surface area (Å²) in [6.07, 6.45) is 13.2. The van der Waals surface area contributed by atoms with E-state index in [1.54, 1.807) is 11.0 Å². The van der Waals surface area contributed by atoms with Crippen LogP contribution in [0.2, 0.25) is 0 Å². The van der Waals surface area contributed by atoms with Crippen LogP contribution in [0.4, 0.5) is 17.2 Å². The van der Waals surface area contributed by atoms with E-state index in [-0.39, 0.29) is 5.91 Å². The number of piperidine rings is 1. The van der Waals surface area contributed by atoms with Gasteiger partial charge in [-0.1, -0.05) is 25.0 Å². The zero-order valence-corrected chi connectivity index (χ0v) is 19.9. The number of carbonyl (C=O) groups excluding carboxylic acids is 1. The summed E-state index contributed by atoms with van der Waals surface area (Å²) < 4.78 is 5.88. The van der Waals surface area contributed by atoms with Crippen LogP contribution in [0.3, 0.4) is 0 Å². The van der Waals surface area contributed by atoms with Crippen molar-refractivity contribution >= 4 is 34.0 Å². The van der Waals surface area contributed by atoms with Gasteiger partial charge in [0.1, 0.15) is 24.5 Å². The van der Waals surface area contributed by atoms with Crippen molar-refractivity contribution in [3.63, 3.8) is 0 Å². The Kier molecular flexibility index (Phi) is 6.64. The van der Waals surface area contributed by atoms with Crippen molar-refractivity contribution in [1.82, 2.24) is 14.9 Å². The first-order chi connectivity index (χ1) is 17.1. The number of rotatable bonds is 5. The predicted molar refractivity (Wildman–Crippen MR) is 139 cm³/mol. The minimum absolute atomic E-state index is 0.0487. The van der Waals surface area contributed by atoms with Gasteiger partial charge in [-0.05, 0) is 56.1 Å². The number of hydrogen-bond acceptors (Lipinski definition) is 6. The Morgan fingerprint density at radius 3 is 2.91 bits per heavy atom. The Morgan fingerprint density at radius 1 is 1.23 bits per heavy atom. The van der Waals surface area contributed by atoms with Gasteiger partial charge in [0.2, 0.25) is 0 Å². The van der Waals surface area contributed by atoms with Crippen LogP contribution in [-0.2, 0) is 4.79 Å². The lowest BCUT2D eigenvalue weighted by Crippen LogP contribution is -2.37. The van der Waals surface area contributed by atoms with Gasteiger partial charge in [-0.15, -0.1) is 6.42 Å². The number of benzene rings is 2. The van der Waals surface area contributed by atoms with Crippen molar-refractivity contribution in [2.75, 3.05) is 43.0 Å². The maximum atomic E-state index is 13.1. The normalized spacial score (nSPS) is 16.6. The molecule has 0 saturated carbocycles. The van der Waals surface area contributed by atoms with Crippen molar-refractivity contribution < 1.29 is 9.53 Å². The molecule has 3 aromatic rings. The molecule has 0 aliphatic carbocycles. The number of carbonyl (C=O) groups is 1. The van der Waals surface area contributed by atoms with E-state index in [9.17, 15) is 4.79 Å². The SMILES string of the molecule is C#Cc1cccc(Nc2ncnc3cc4c(cc23)N(C(=O)/C=C/CN2CCC(C)CC2)CCO4)c1. The highest BCUT2D eigenvalue weighted by atomic mass is 16.5. The fraction of sp³-hybridized carbons (Fsp3) is 0.321. The molecule has 2 aliphatic heterocycles. The zero-order chi connectivity index (χ0) is 24.2. The molecule has 7 nitrogen and oxygen atoms in total. The number of hydrogen-bond donors (Lipinski definition) is 1. The van der Waals surface area contributed by atoms with E-state index in [2.05, 4.69) is 33.0 Å². The monoisotopic (exact) mass is 467 g/mol. The van der Waals surface area contributed by atoms with Crippen molar-refractivity contribution in [1.29, 1.82) is 0 Å². The van der Waals surface area contributed by atoms with Crippen LogP contribution in [0.15, 0.2) is 54.9 Å². The quantitative estimate of drug-likeness (QED) is 0.444. The molecule has 1 amide bonds. The van der Waals surface area contributed by atoms with Crippen LogP contribution >= 0.6 is 0 Å². The minimum Gasteiger partial charge on any atom is -0.489 e. The van der Waals surface area contributed by atoms with Gasteiger partial charge in [0.05, 0.1) is 17.7 Å². The highest BCUT2D eigenvalue weighted by Gasteiger charge is 2.24. The smallest absolute Gasteiger partial charge is 0.250 e. The molecule has 178 valence electrons. The first-order valence-corrected chi connectivity index (χ1v) is 12.1. The minimum atomic E-state index is -0.0487. The standard InChI is InChI=1S/C28H29N5O2/c1-3-21-6-4-7-22(16-21)31-28-23-17-25-26(18-24(23)29-19-30-28)35-15-14-33(25)27(34)8-5-11-32-12-9-20(2)10-13-32/h1,4-8,16-20H,9-15H2,2H3,(H,29,30,31)/b8-5+. The third-order valence-electron chi connectivity index (χ3n) is 6.64. The summed E-state index contributed by atoms with van der Waals surface area (Å²) in [7, 11) is 0. The molecule has 0 spiro atoms. The summed E-state index contributed by atoms with van der Waals surface area (Å²) in [4.78, 5) is 26.2. The van der Waals surface area contributed by atoms with Crippen LogP contribution in [0.1, 0.15) is 25.3 Å². The maximum Gasteiger partial charge on any atom is 0.250 e. The molecule has 1 aromatic heterocycles. The van der Waals surface area contributed by atoms with Gasteiger partial charge in [-0.3, -0.25) is 9.69 Å². The van der Waals surface area contributed by atoms with E-state index in [1.165, 1.54) is 19.2 Å². The Morgan fingerprint density at radius 2 is 2.09 bits per heavy atom. The molecule has 3 heterocycles. The molecule has 35 heavy (non-hydrogen) atoms. The van der Waals surface area contributed by atoms with Gasteiger partial charge >= 0.3 is 0 Å². The van der Waals surface area contributed by atoms with E-state index in [1.807, 2.05) is 42.5 Å². The van der Waals surface area contributed by atoms with Crippen molar-refractivity contribution in [2.24, 2.45) is 5.92 Å². The number of fused-ring (bicyclic) bond motifs is 2. The predicted octanol–water partition coefficient (Wildman–Crippen LogP) is 4.37. The summed E-state index contributed by atoms with van der Waals surface area (Å²) >= 11 is 0. The Labute approximate surface area is 205 Å². The van der Waals surface area contributed by atoms with Crippen molar-refractivity contribution in [3.05, 3.63) is 60.4 Å². The second-order valence-electron chi connectivity index (χ2n) is 9.13. The number of nitrogens with zero attached hydrogens (tertiary/aromatic N) is 4.